The molecule has 2 N–H and O–H groups in total. The van der Waals surface area contributed by atoms with Gasteiger partial charge in [-0.25, -0.2) is 0 Å². The molecule has 0 aliphatic heterocycles. The van der Waals surface area contributed by atoms with Gasteiger partial charge in [-0.1, -0.05) is 6.42 Å². The van der Waals surface area contributed by atoms with Crippen molar-refractivity contribution >= 4 is 11.9 Å². The summed E-state index contributed by atoms with van der Waals surface area (Å²) < 4.78 is 0. The van der Waals surface area contributed by atoms with Crippen LogP contribution in [0, 0.1) is 0 Å². The van der Waals surface area contributed by atoms with E-state index in [0.29, 0.717) is 19.4 Å². The van der Waals surface area contributed by atoms with Crippen LogP contribution in [0.25, 0.3) is 0 Å². The summed E-state index contributed by atoms with van der Waals surface area (Å²) in [7, 11) is 3.86. The summed E-state index contributed by atoms with van der Waals surface area (Å²) in [5.74, 6) is -0.693. The third kappa shape index (κ3) is 11.0. The number of carbonyl (C=O) groups is 2. The van der Waals surface area contributed by atoms with E-state index in [2.05, 4.69) is 5.32 Å². The lowest BCUT2D eigenvalue weighted by molar-refractivity contribution is -0.137. The van der Waals surface area contributed by atoms with Crippen LogP contribution in [0.3, 0.4) is 0 Å². The van der Waals surface area contributed by atoms with Gasteiger partial charge < -0.3 is 15.3 Å². The predicted molar refractivity (Wildman–Crippen MR) is 62.3 cm³/mol. The van der Waals surface area contributed by atoms with Crippen molar-refractivity contribution in [3.05, 3.63) is 0 Å². The van der Waals surface area contributed by atoms with Crippen LogP contribution in [0.5, 0.6) is 0 Å². The van der Waals surface area contributed by atoms with Crippen LogP contribution in [0.2, 0.25) is 0 Å². The Morgan fingerprint density at radius 2 is 1.81 bits per heavy atom. The summed E-state index contributed by atoms with van der Waals surface area (Å²) in [5, 5.41) is 11.2. The van der Waals surface area contributed by atoms with Gasteiger partial charge in [-0.15, -0.1) is 0 Å². The molecule has 94 valence electrons. The number of unbranched alkanes of at least 4 members (excludes halogenated alkanes) is 2. The van der Waals surface area contributed by atoms with Gasteiger partial charge in [-0.05, 0) is 26.9 Å². The number of aliphatic carboxylic acids is 1. The van der Waals surface area contributed by atoms with Gasteiger partial charge in [0.2, 0.25) is 5.91 Å². The lowest BCUT2D eigenvalue weighted by Crippen LogP contribution is -2.28. The molecule has 0 saturated heterocycles. The molecule has 0 saturated carbocycles. The Hall–Kier alpha value is -1.10. The van der Waals surface area contributed by atoms with E-state index < -0.39 is 5.97 Å². The number of amides is 1. The van der Waals surface area contributed by atoms with Gasteiger partial charge in [0, 0.05) is 25.9 Å². The Bertz CT molecular complexity index is 217. The van der Waals surface area contributed by atoms with Crippen LogP contribution >= 0.6 is 0 Å². The highest BCUT2D eigenvalue weighted by molar-refractivity contribution is 5.75. The smallest absolute Gasteiger partial charge is 0.303 e. The van der Waals surface area contributed by atoms with Crippen molar-refractivity contribution in [1.82, 2.24) is 10.2 Å². The number of rotatable bonds is 9. The summed E-state index contributed by atoms with van der Waals surface area (Å²) in [6.07, 6.45) is 3.11. The highest BCUT2D eigenvalue weighted by Crippen LogP contribution is 1.98. The van der Waals surface area contributed by atoms with Crippen LogP contribution in [0.4, 0.5) is 0 Å². The second kappa shape index (κ2) is 9.15. The number of nitrogens with one attached hydrogen (secondary N) is 1. The Kier molecular flexibility index (Phi) is 8.52. The number of hydrogen-bond donors (Lipinski definition) is 2. The van der Waals surface area contributed by atoms with Crippen LogP contribution < -0.4 is 5.32 Å². The Labute approximate surface area is 96.8 Å². The molecule has 0 aliphatic carbocycles. The standard InChI is InChI=1S/C11H22N2O3/c1-13(2)9-7-10(14)12-8-5-3-4-6-11(15)16/h3-9H2,1-2H3,(H,12,14)(H,15,16). The summed E-state index contributed by atoms with van der Waals surface area (Å²) in [6.45, 7) is 1.40. The third-order valence-electron chi connectivity index (χ3n) is 2.18. The van der Waals surface area contributed by atoms with Crippen molar-refractivity contribution in [2.45, 2.75) is 32.1 Å². The first-order valence-electron chi connectivity index (χ1n) is 5.65. The maximum atomic E-state index is 11.3. The maximum absolute atomic E-state index is 11.3. The first kappa shape index (κ1) is 14.9. The quantitative estimate of drug-likeness (QED) is 0.572. The second-order valence-corrected chi connectivity index (χ2v) is 4.11. The van der Waals surface area contributed by atoms with Crippen molar-refractivity contribution in [2.24, 2.45) is 0 Å². The molecular formula is C11H22N2O3. The number of hydrogen-bond acceptors (Lipinski definition) is 3. The molecule has 0 atom stereocenters. The zero-order valence-corrected chi connectivity index (χ0v) is 10.2. The summed E-state index contributed by atoms with van der Waals surface area (Å²) in [4.78, 5) is 23.4. The Morgan fingerprint density at radius 3 is 2.38 bits per heavy atom. The maximum Gasteiger partial charge on any atom is 0.303 e. The van der Waals surface area contributed by atoms with Gasteiger partial charge in [-0.3, -0.25) is 9.59 Å². The number of carboxylic acids is 1. The third-order valence-corrected chi connectivity index (χ3v) is 2.18. The van der Waals surface area contributed by atoms with Crippen LogP contribution in [0.1, 0.15) is 32.1 Å². The van der Waals surface area contributed by atoms with Crippen molar-refractivity contribution < 1.29 is 14.7 Å². The summed E-state index contributed by atoms with van der Waals surface area (Å²) >= 11 is 0. The minimum absolute atomic E-state index is 0.0620. The molecule has 16 heavy (non-hydrogen) atoms. The van der Waals surface area contributed by atoms with Gasteiger partial charge >= 0.3 is 5.97 Å². The van der Waals surface area contributed by atoms with Gasteiger partial charge in [0.1, 0.15) is 0 Å². The SMILES string of the molecule is CN(C)CCC(=O)NCCCCCC(=O)O. The number of nitrogens with zero attached hydrogens (tertiary/aromatic N) is 1. The largest absolute Gasteiger partial charge is 0.481 e. The van der Waals surface area contributed by atoms with Crippen molar-refractivity contribution in [1.29, 1.82) is 0 Å². The van der Waals surface area contributed by atoms with Crippen molar-refractivity contribution in [2.75, 3.05) is 27.2 Å². The monoisotopic (exact) mass is 230 g/mol. The fraction of sp³-hybridized carbons (Fsp3) is 0.818. The van der Waals surface area contributed by atoms with E-state index in [1.165, 1.54) is 0 Å². The normalized spacial score (nSPS) is 10.4. The number of carboxylic acid groups (broad SMARTS) is 1. The number of carbonyl (C=O) groups excluding carboxylic acids is 1. The van der Waals surface area contributed by atoms with E-state index in [1.54, 1.807) is 0 Å². The average Bonchev–Trinajstić information content (AvgIpc) is 2.19. The van der Waals surface area contributed by atoms with E-state index in [9.17, 15) is 9.59 Å². The van der Waals surface area contributed by atoms with E-state index in [4.69, 9.17) is 5.11 Å². The molecule has 0 aliphatic rings. The molecule has 1 amide bonds. The molecule has 0 aromatic heterocycles. The van der Waals surface area contributed by atoms with Crippen molar-refractivity contribution in [3.63, 3.8) is 0 Å². The highest BCUT2D eigenvalue weighted by atomic mass is 16.4. The molecule has 0 spiro atoms. The fourth-order valence-electron chi connectivity index (χ4n) is 1.22. The molecule has 0 fully saturated rings. The van der Waals surface area contributed by atoms with E-state index in [0.717, 1.165) is 19.4 Å². The van der Waals surface area contributed by atoms with Crippen LogP contribution in [0.15, 0.2) is 0 Å². The first-order valence-corrected chi connectivity index (χ1v) is 5.65. The average molecular weight is 230 g/mol. The molecule has 0 bridgehead atoms. The molecular weight excluding hydrogens is 208 g/mol. The molecule has 5 heteroatoms. The molecule has 5 nitrogen and oxygen atoms in total. The van der Waals surface area contributed by atoms with E-state index >= 15 is 0 Å². The predicted octanol–water partition coefficient (Wildman–Crippen LogP) is 0.699. The highest BCUT2D eigenvalue weighted by Gasteiger charge is 2.01. The second-order valence-electron chi connectivity index (χ2n) is 4.11. The van der Waals surface area contributed by atoms with Gasteiger partial charge in [0.05, 0.1) is 0 Å². The molecule has 0 radical (unpaired) electrons. The van der Waals surface area contributed by atoms with Crippen LogP contribution in [-0.4, -0.2) is 49.1 Å². The molecule has 0 aromatic rings. The lowest BCUT2D eigenvalue weighted by atomic mass is 10.2. The van der Waals surface area contributed by atoms with Gasteiger partial charge in [0.15, 0.2) is 0 Å². The fourth-order valence-corrected chi connectivity index (χ4v) is 1.22. The lowest BCUT2D eigenvalue weighted by Gasteiger charge is -2.09. The summed E-state index contributed by atoms with van der Waals surface area (Å²) in [6, 6.07) is 0. The first-order chi connectivity index (χ1) is 7.52. The Balaban J connectivity index is 3.24. The van der Waals surface area contributed by atoms with Gasteiger partial charge in [0.25, 0.3) is 0 Å². The van der Waals surface area contributed by atoms with Crippen molar-refractivity contribution in [3.8, 4) is 0 Å². The minimum Gasteiger partial charge on any atom is -0.481 e. The van der Waals surface area contributed by atoms with Gasteiger partial charge in [-0.2, -0.15) is 0 Å². The van der Waals surface area contributed by atoms with Crippen LogP contribution in [-0.2, 0) is 9.59 Å². The molecule has 0 unspecified atom stereocenters. The topological polar surface area (TPSA) is 69.6 Å². The zero-order valence-electron chi connectivity index (χ0n) is 10.2. The summed E-state index contributed by atoms with van der Waals surface area (Å²) in [5.41, 5.74) is 0. The van der Waals surface area contributed by atoms with E-state index in [-0.39, 0.29) is 12.3 Å². The Morgan fingerprint density at radius 1 is 1.12 bits per heavy atom. The van der Waals surface area contributed by atoms with E-state index in [1.807, 2.05) is 19.0 Å². The molecule has 0 rings (SSSR count). The minimum atomic E-state index is -0.755. The molecule has 0 aromatic carbocycles. The molecule has 0 heterocycles. The zero-order chi connectivity index (χ0) is 12.4.